The zero-order valence-electron chi connectivity index (χ0n) is 25.5. The lowest BCUT2D eigenvalue weighted by Gasteiger charge is -2.12. The molecule has 0 spiro atoms. The third-order valence-corrected chi connectivity index (χ3v) is 8.86. The van der Waals surface area contributed by atoms with Crippen molar-refractivity contribution < 1.29 is 0 Å². The maximum Gasteiger partial charge on any atom is 0.238 e. The van der Waals surface area contributed by atoms with Crippen molar-refractivity contribution in [2.75, 3.05) is 0 Å². The Morgan fingerprint density at radius 1 is 0.319 bits per heavy atom. The molecular formula is C43H28N4. The van der Waals surface area contributed by atoms with E-state index in [0.717, 1.165) is 38.7 Å². The highest BCUT2D eigenvalue weighted by Crippen LogP contribution is 2.35. The summed E-state index contributed by atoms with van der Waals surface area (Å²) in [4.78, 5) is 15.4. The molecule has 0 saturated carbocycles. The molecule has 9 aromatic rings. The lowest BCUT2D eigenvalue weighted by molar-refractivity contribution is 0.954. The van der Waals surface area contributed by atoms with Gasteiger partial charge in [-0.2, -0.15) is 9.97 Å². The second-order valence-corrected chi connectivity index (χ2v) is 11.7. The van der Waals surface area contributed by atoms with Gasteiger partial charge in [-0.3, -0.25) is 4.57 Å². The van der Waals surface area contributed by atoms with Gasteiger partial charge in [-0.1, -0.05) is 152 Å². The van der Waals surface area contributed by atoms with E-state index in [0.29, 0.717) is 17.6 Å². The molecule has 47 heavy (non-hydrogen) atoms. The van der Waals surface area contributed by atoms with Crippen molar-refractivity contribution in [3.63, 3.8) is 0 Å². The fourth-order valence-corrected chi connectivity index (χ4v) is 6.48. The average molecular weight is 601 g/mol. The molecule has 0 aliphatic carbocycles. The molecular weight excluding hydrogens is 573 g/mol. The normalized spacial score (nSPS) is 11.4. The van der Waals surface area contributed by atoms with Gasteiger partial charge in [0.05, 0.1) is 11.0 Å². The van der Waals surface area contributed by atoms with Crippen LogP contribution in [0.3, 0.4) is 0 Å². The Kier molecular flexibility index (Phi) is 6.43. The predicted octanol–water partition coefficient (Wildman–Crippen LogP) is 10.8. The van der Waals surface area contributed by atoms with Gasteiger partial charge in [0.1, 0.15) is 0 Å². The maximum atomic E-state index is 5.16. The molecule has 0 saturated heterocycles. The number of hydrogen-bond donors (Lipinski definition) is 0. The van der Waals surface area contributed by atoms with Gasteiger partial charge in [-0.25, -0.2) is 4.98 Å². The summed E-state index contributed by atoms with van der Waals surface area (Å²) in [6, 6.07) is 59.3. The van der Waals surface area contributed by atoms with E-state index >= 15 is 0 Å². The van der Waals surface area contributed by atoms with Crippen molar-refractivity contribution in [2.24, 2.45) is 0 Å². The first-order valence-electron chi connectivity index (χ1n) is 15.8. The lowest BCUT2D eigenvalue weighted by atomic mass is 10.0. The average Bonchev–Trinajstić information content (AvgIpc) is 3.47. The van der Waals surface area contributed by atoms with Crippen LogP contribution in [0.5, 0.6) is 0 Å². The molecule has 0 amide bonds. The second-order valence-electron chi connectivity index (χ2n) is 11.7. The lowest BCUT2D eigenvalue weighted by Crippen LogP contribution is -2.06. The number of hydrogen-bond acceptors (Lipinski definition) is 3. The van der Waals surface area contributed by atoms with E-state index < -0.39 is 0 Å². The molecule has 0 N–H and O–H groups in total. The molecule has 0 bridgehead atoms. The quantitative estimate of drug-likeness (QED) is 0.197. The highest BCUT2D eigenvalue weighted by molar-refractivity contribution is 6.13. The summed E-state index contributed by atoms with van der Waals surface area (Å²) < 4.78 is 2.18. The van der Waals surface area contributed by atoms with Crippen molar-refractivity contribution in [2.45, 2.75) is 0 Å². The molecule has 0 aliphatic heterocycles. The van der Waals surface area contributed by atoms with Crippen LogP contribution in [0.2, 0.25) is 0 Å². The first-order valence-corrected chi connectivity index (χ1v) is 15.8. The molecule has 220 valence electrons. The number of rotatable bonds is 5. The van der Waals surface area contributed by atoms with E-state index in [4.69, 9.17) is 15.0 Å². The maximum absolute atomic E-state index is 5.16. The number of para-hydroxylation sites is 1. The fraction of sp³-hybridized carbons (Fsp3) is 0. The summed E-state index contributed by atoms with van der Waals surface area (Å²) in [6.07, 6.45) is 0. The monoisotopic (exact) mass is 600 g/mol. The third kappa shape index (κ3) is 4.84. The Hall–Kier alpha value is -6.39. The van der Waals surface area contributed by atoms with Gasteiger partial charge in [0, 0.05) is 21.9 Å². The van der Waals surface area contributed by atoms with Crippen LogP contribution < -0.4 is 0 Å². The highest BCUT2D eigenvalue weighted by atomic mass is 15.2. The topological polar surface area (TPSA) is 43.6 Å². The zero-order chi connectivity index (χ0) is 31.2. The van der Waals surface area contributed by atoms with Crippen LogP contribution in [0.1, 0.15) is 0 Å². The van der Waals surface area contributed by atoms with Crippen molar-refractivity contribution in [1.29, 1.82) is 0 Å². The van der Waals surface area contributed by atoms with Crippen LogP contribution in [0.4, 0.5) is 0 Å². The molecule has 0 aliphatic rings. The van der Waals surface area contributed by atoms with Crippen molar-refractivity contribution in [3.8, 4) is 51.0 Å². The first kappa shape index (κ1) is 27.0. The minimum Gasteiger partial charge on any atom is -0.278 e. The number of benzene rings is 7. The van der Waals surface area contributed by atoms with E-state index in [1.54, 1.807) is 0 Å². The number of nitrogens with zero attached hydrogens (tertiary/aromatic N) is 4. The Balaban J connectivity index is 1.25. The molecule has 2 heterocycles. The Morgan fingerprint density at radius 2 is 0.766 bits per heavy atom. The Bertz CT molecular complexity index is 2430. The van der Waals surface area contributed by atoms with E-state index in [2.05, 4.69) is 162 Å². The van der Waals surface area contributed by atoms with Gasteiger partial charge < -0.3 is 0 Å². The van der Waals surface area contributed by atoms with Gasteiger partial charge in [0.25, 0.3) is 0 Å². The van der Waals surface area contributed by atoms with Crippen molar-refractivity contribution >= 4 is 32.6 Å². The minimum absolute atomic E-state index is 0.589. The largest absolute Gasteiger partial charge is 0.278 e. The molecule has 4 nitrogen and oxygen atoms in total. The molecule has 2 aromatic heterocycles. The standard InChI is InChI=1S/C43H28N4/c1-3-11-29(12-4-1)31-19-23-33(24-20-31)41-44-42(34-25-21-32(22-26-34)30-13-5-2-6-14-30)46-43(45-41)47-39-18-10-9-17-37(39)38-27-35-15-7-8-16-36(35)28-40(38)47/h1-28H. The predicted molar refractivity (Wildman–Crippen MR) is 193 cm³/mol. The molecule has 9 rings (SSSR count). The summed E-state index contributed by atoms with van der Waals surface area (Å²) in [5, 5.41) is 4.71. The Morgan fingerprint density at radius 3 is 1.34 bits per heavy atom. The SMILES string of the molecule is c1ccc(-c2ccc(-c3nc(-c4ccc(-c5ccccc5)cc4)nc(-n4c5ccccc5c5cc6ccccc6cc54)n3)cc2)cc1. The molecule has 4 heteroatoms. The summed E-state index contributed by atoms with van der Waals surface area (Å²) in [7, 11) is 0. The zero-order valence-corrected chi connectivity index (χ0v) is 25.5. The molecule has 0 radical (unpaired) electrons. The molecule has 0 atom stereocenters. The van der Waals surface area contributed by atoms with E-state index in [-0.39, 0.29) is 0 Å². The van der Waals surface area contributed by atoms with E-state index in [1.807, 2.05) is 12.1 Å². The Labute approximate surface area is 272 Å². The van der Waals surface area contributed by atoms with Crippen molar-refractivity contribution in [1.82, 2.24) is 19.5 Å². The molecule has 0 fully saturated rings. The first-order chi connectivity index (χ1) is 23.3. The second kappa shape index (κ2) is 11.2. The number of aromatic nitrogens is 4. The van der Waals surface area contributed by atoms with Gasteiger partial charge in [-0.05, 0) is 51.2 Å². The highest BCUT2D eigenvalue weighted by Gasteiger charge is 2.18. The van der Waals surface area contributed by atoms with Crippen LogP contribution in [-0.4, -0.2) is 19.5 Å². The van der Waals surface area contributed by atoms with E-state index in [9.17, 15) is 0 Å². The van der Waals surface area contributed by atoms with Crippen LogP contribution in [0.15, 0.2) is 170 Å². The summed E-state index contributed by atoms with van der Waals surface area (Å²) in [5.74, 6) is 1.85. The van der Waals surface area contributed by atoms with Crippen molar-refractivity contribution in [3.05, 3.63) is 170 Å². The van der Waals surface area contributed by atoms with Gasteiger partial charge in [0.15, 0.2) is 11.6 Å². The number of fused-ring (bicyclic) bond motifs is 4. The molecule has 0 unspecified atom stereocenters. The smallest absolute Gasteiger partial charge is 0.238 e. The van der Waals surface area contributed by atoms with E-state index in [1.165, 1.54) is 27.3 Å². The van der Waals surface area contributed by atoms with Gasteiger partial charge in [0.2, 0.25) is 5.95 Å². The summed E-state index contributed by atoms with van der Waals surface area (Å²) in [6.45, 7) is 0. The third-order valence-electron chi connectivity index (χ3n) is 8.86. The van der Waals surface area contributed by atoms with Crippen LogP contribution in [0.25, 0.3) is 83.6 Å². The van der Waals surface area contributed by atoms with Crippen LogP contribution in [-0.2, 0) is 0 Å². The molecule has 7 aromatic carbocycles. The summed E-state index contributed by atoms with van der Waals surface area (Å²) >= 11 is 0. The van der Waals surface area contributed by atoms with Gasteiger partial charge >= 0.3 is 0 Å². The van der Waals surface area contributed by atoms with Gasteiger partial charge in [-0.15, -0.1) is 0 Å². The van der Waals surface area contributed by atoms with Crippen LogP contribution >= 0.6 is 0 Å². The minimum atomic E-state index is 0.589. The fourth-order valence-electron chi connectivity index (χ4n) is 6.48. The van der Waals surface area contributed by atoms with Crippen LogP contribution in [0, 0.1) is 0 Å². The summed E-state index contributed by atoms with van der Waals surface area (Å²) in [5.41, 5.74) is 8.62.